The second kappa shape index (κ2) is 18.3. The maximum absolute atomic E-state index is 12.6. The first kappa shape index (κ1) is 27.7. The highest BCUT2D eigenvalue weighted by Crippen LogP contribution is 2.16. The molecule has 0 saturated carbocycles. The molecule has 0 saturated heterocycles. The molecular formula is C27H42O5. The van der Waals surface area contributed by atoms with Crippen molar-refractivity contribution in [2.75, 3.05) is 20.3 Å². The van der Waals surface area contributed by atoms with Crippen molar-refractivity contribution in [3.8, 4) is 5.75 Å². The van der Waals surface area contributed by atoms with Crippen LogP contribution in [0.3, 0.4) is 0 Å². The number of carbonyl (C=O) groups excluding carboxylic acids is 2. The minimum atomic E-state index is -0.623. The van der Waals surface area contributed by atoms with Crippen molar-refractivity contribution in [2.45, 2.75) is 90.9 Å². The third-order valence-corrected chi connectivity index (χ3v) is 5.33. The summed E-state index contributed by atoms with van der Waals surface area (Å²) in [6.07, 6.45) is 14.8. The second-order valence-corrected chi connectivity index (χ2v) is 8.14. The smallest absolute Gasteiger partial charge is 0.345 e. The molecule has 0 N–H and O–H groups in total. The largest absolute Gasteiger partial charge is 0.497 e. The van der Waals surface area contributed by atoms with Crippen molar-refractivity contribution in [1.29, 1.82) is 0 Å². The van der Waals surface area contributed by atoms with Crippen molar-refractivity contribution in [1.82, 2.24) is 0 Å². The molecule has 0 aliphatic heterocycles. The van der Waals surface area contributed by atoms with Gasteiger partial charge in [0.15, 0.2) is 0 Å². The molecule has 1 aromatic rings. The third-order valence-electron chi connectivity index (χ3n) is 5.33. The summed E-state index contributed by atoms with van der Waals surface area (Å²) in [6.45, 7) is 5.00. The Kier molecular flexibility index (Phi) is 15.9. The molecule has 0 aromatic heterocycles. The molecule has 180 valence electrons. The summed E-state index contributed by atoms with van der Waals surface area (Å²) in [5.74, 6) is -0.537. The zero-order chi connectivity index (χ0) is 23.4. The minimum absolute atomic E-state index is 0.0628. The fourth-order valence-electron chi connectivity index (χ4n) is 3.32. The van der Waals surface area contributed by atoms with Crippen LogP contribution in [0.4, 0.5) is 0 Å². The van der Waals surface area contributed by atoms with E-state index in [1.165, 1.54) is 44.6 Å². The Morgan fingerprint density at radius 3 is 1.56 bits per heavy atom. The number of carbonyl (C=O) groups is 2. The van der Waals surface area contributed by atoms with Crippen molar-refractivity contribution < 1.29 is 23.8 Å². The molecule has 0 spiro atoms. The summed E-state index contributed by atoms with van der Waals surface area (Å²) in [6, 6.07) is 7.15. The molecule has 1 rings (SSSR count). The number of rotatable bonds is 18. The lowest BCUT2D eigenvalue weighted by Gasteiger charge is -2.10. The van der Waals surface area contributed by atoms with Gasteiger partial charge in [0.2, 0.25) is 0 Å². The van der Waals surface area contributed by atoms with Gasteiger partial charge in [-0.2, -0.15) is 0 Å². The normalized spacial score (nSPS) is 10.5. The van der Waals surface area contributed by atoms with E-state index in [9.17, 15) is 9.59 Å². The zero-order valence-corrected chi connectivity index (χ0v) is 20.3. The highest BCUT2D eigenvalue weighted by molar-refractivity contribution is 6.17. The lowest BCUT2D eigenvalue weighted by atomic mass is 10.1. The van der Waals surface area contributed by atoms with Crippen LogP contribution in [0.1, 0.15) is 96.5 Å². The van der Waals surface area contributed by atoms with Gasteiger partial charge in [0, 0.05) is 0 Å². The number of hydrogen-bond acceptors (Lipinski definition) is 5. The summed E-state index contributed by atoms with van der Waals surface area (Å²) in [5, 5.41) is 0. The number of methoxy groups -OCH3 is 1. The van der Waals surface area contributed by atoms with Crippen molar-refractivity contribution >= 4 is 18.0 Å². The van der Waals surface area contributed by atoms with Gasteiger partial charge in [-0.25, -0.2) is 9.59 Å². The predicted molar refractivity (Wildman–Crippen MR) is 130 cm³/mol. The van der Waals surface area contributed by atoms with Crippen LogP contribution in [-0.4, -0.2) is 32.3 Å². The number of unbranched alkanes of at least 4 members (excludes halogenated alkanes) is 10. The lowest BCUT2D eigenvalue weighted by molar-refractivity contribution is -0.147. The van der Waals surface area contributed by atoms with Crippen LogP contribution in [0.15, 0.2) is 29.8 Å². The van der Waals surface area contributed by atoms with Crippen molar-refractivity contribution in [3.63, 3.8) is 0 Å². The average Bonchev–Trinajstić information content (AvgIpc) is 2.81. The molecule has 0 bridgehead atoms. The van der Waals surface area contributed by atoms with Gasteiger partial charge in [-0.15, -0.1) is 0 Å². The molecule has 0 radical (unpaired) electrons. The summed E-state index contributed by atoms with van der Waals surface area (Å²) >= 11 is 0. The van der Waals surface area contributed by atoms with E-state index in [2.05, 4.69) is 13.8 Å². The molecule has 1 aromatic carbocycles. The Morgan fingerprint density at radius 1 is 0.688 bits per heavy atom. The summed E-state index contributed by atoms with van der Waals surface area (Å²) in [7, 11) is 1.59. The van der Waals surface area contributed by atoms with Crippen LogP contribution in [0.5, 0.6) is 5.75 Å². The van der Waals surface area contributed by atoms with E-state index in [-0.39, 0.29) is 5.57 Å². The number of esters is 2. The Balaban J connectivity index is 2.62. The van der Waals surface area contributed by atoms with Crippen LogP contribution in [0, 0.1) is 0 Å². The highest BCUT2D eigenvalue weighted by atomic mass is 16.6. The maximum atomic E-state index is 12.6. The summed E-state index contributed by atoms with van der Waals surface area (Å²) in [5.41, 5.74) is 0.654. The molecule has 0 atom stereocenters. The fourth-order valence-corrected chi connectivity index (χ4v) is 3.32. The molecule has 0 amide bonds. The Hall–Kier alpha value is -2.30. The first-order valence-corrected chi connectivity index (χ1v) is 12.3. The SMILES string of the molecule is CCCCCCCCOC(=O)C(=Cc1ccc(OC)cc1)C(=O)OCCCCCCCC. The molecule has 0 unspecified atom stereocenters. The summed E-state index contributed by atoms with van der Waals surface area (Å²) < 4.78 is 15.9. The number of benzene rings is 1. The number of ether oxygens (including phenoxy) is 3. The highest BCUT2D eigenvalue weighted by Gasteiger charge is 2.21. The van der Waals surface area contributed by atoms with Gasteiger partial charge >= 0.3 is 11.9 Å². The molecule has 0 aliphatic carbocycles. The van der Waals surface area contributed by atoms with Crippen LogP contribution < -0.4 is 4.74 Å². The van der Waals surface area contributed by atoms with Gasteiger partial charge in [-0.05, 0) is 36.6 Å². The van der Waals surface area contributed by atoms with Crippen LogP contribution in [-0.2, 0) is 19.1 Å². The van der Waals surface area contributed by atoms with Crippen LogP contribution in [0.25, 0.3) is 6.08 Å². The lowest BCUT2D eigenvalue weighted by Crippen LogP contribution is -2.19. The maximum Gasteiger partial charge on any atom is 0.345 e. The Bertz CT molecular complexity index is 631. The zero-order valence-electron chi connectivity index (χ0n) is 20.3. The number of hydrogen-bond donors (Lipinski definition) is 0. The van der Waals surface area contributed by atoms with Crippen molar-refractivity contribution in [3.05, 3.63) is 35.4 Å². The van der Waals surface area contributed by atoms with Crippen molar-refractivity contribution in [2.24, 2.45) is 0 Å². The molecule has 5 nitrogen and oxygen atoms in total. The fraction of sp³-hybridized carbons (Fsp3) is 0.630. The van der Waals surface area contributed by atoms with Gasteiger partial charge in [0.05, 0.1) is 20.3 Å². The van der Waals surface area contributed by atoms with E-state index >= 15 is 0 Å². The van der Waals surface area contributed by atoms with E-state index in [4.69, 9.17) is 14.2 Å². The van der Waals surface area contributed by atoms with Gasteiger partial charge in [-0.1, -0.05) is 90.2 Å². The molecule has 5 heteroatoms. The van der Waals surface area contributed by atoms with Gasteiger partial charge in [0.25, 0.3) is 0 Å². The third kappa shape index (κ3) is 12.5. The van der Waals surface area contributed by atoms with Crippen LogP contribution in [0.2, 0.25) is 0 Å². The van der Waals surface area contributed by atoms with Gasteiger partial charge in [0.1, 0.15) is 11.3 Å². The van der Waals surface area contributed by atoms with E-state index < -0.39 is 11.9 Å². The molecule has 0 fully saturated rings. The first-order chi connectivity index (χ1) is 15.6. The Labute approximate surface area is 194 Å². The Morgan fingerprint density at radius 2 is 1.12 bits per heavy atom. The van der Waals surface area contributed by atoms with E-state index in [0.717, 1.165) is 38.5 Å². The van der Waals surface area contributed by atoms with E-state index in [0.29, 0.717) is 24.5 Å². The molecule has 32 heavy (non-hydrogen) atoms. The molecule has 0 aliphatic rings. The standard InChI is InChI=1S/C27H42O5/c1-4-6-8-10-12-14-20-31-26(28)25(22-23-16-18-24(30-3)19-17-23)27(29)32-21-15-13-11-9-7-5-2/h16-19,22H,4-15,20-21H2,1-3H3. The monoisotopic (exact) mass is 446 g/mol. The second-order valence-electron chi connectivity index (χ2n) is 8.14. The average molecular weight is 447 g/mol. The minimum Gasteiger partial charge on any atom is -0.497 e. The first-order valence-electron chi connectivity index (χ1n) is 12.3. The summed E-state index contributed by atoms with van der Waals surface area (Å²) in [4.78, 5) is 25.3. The van der Waals surface area contributed by atoms with Crippen LogP contribution >= 0.6 is 0 Å². The topological polar surface area (TPSA) is 61.8 Å². The van der Waals surface area contributed by atoms with E-state index in [1.807, 2.05) is 0 Å². The molecular weight excluding hydrogens is 404 g/mol. The van der Waals surface area contributed by atoms with Gasteiger partial charge in [-0.3, -0.25) is 0 Å². The van der Waals surface area contributed by atoms with E-state index in [1.54, 1.807) is 31.4 Å². The van der Waals surface area contributed by atoms with Gasteiger partial charge < -0.3 is 14.2 Å². The molecule has 0 heterocycles. The quantitative estimate of drug-likeness (QED) is 0.0808. The predicted octanol–water partition coefficient (Wildman–Crippen LogP) is 6.89.